The summed E-state index contributed by atoms with van der Waals surface area (Å²) in [6.45, 7) is 4.54. The van der Waals surface area contributed by atoms with Crippen LogP contribution in [0.15, 0.2) is 22.7 Å². The lowest BCUT2D eigenvalue weighted by atomic mass is 10.1. The summed E-state index contributed by atoms with van der Waals surface area (Å²) in [5.74, 6) is -0.272. The van der Waals surface area contributed by atoms with Gasteiger partial charge in [-0.3, -0.25) is 4.68 Å². The number of halogens is 2. The topological polar surface area (TPSA) is 38.0 Å². The van der Waals surface area contributed by atoms with E-state index in [-0.39, 0.29) is 12.4 Å². The van der Waals surface area contributed by atoms with Crippen LogP contribution in [0.3, 0.4) is 0 Å². The molecule has 0 unspecified atom stereocenters. The molecule has 0 atom stereocenters. The minimum Gasteiger partial charge on any atom is -0.392 e. The monoisotopic (exact) mass is 340 g/mol. The van der Waals surface area contributed by atoms with Crippen LogP contribution in [0.5, 0.6) is 0 Å². The number of aromatic nitrogens is 2. The molecule has 20 heavy (non-hydrogen) atoms. The molecule has 0 aliphatic rings. The third-order valence-corrected chi connectivity index (χ3v) is 4.32. The van der Waals surface area contributed by atoms with Crippen molar-refractivity contribution in [1.29, 1.82) is 0 Å². The predicted molar refractivity (Wildman–Crippen MR) is 80.1 cm³/mol. The molecule has 2 aromatic rings. The Labute approximate surface area is 126 Å². The molecule has 1 aromatic carbocycles. The molecule has 5 heteroatoms. The van der Waals surface area contributed by atoms with Crippen LogP contribution in [-0.4, -0.2) is 14.9 Å². The SMILES string of the molecule is CCc1nn(Cc2cccc(F)c2Br)c(CC)c1CO. The lowest BCUT2D eigenvalue weighted by Crippen LogP contribution is -2.07. The Kier molecular flexibility index (Phi) is 4.94. The van der Waals surface area contributed by atoms with Crippen molar-refractivity contribution in [1.82, 2.24) is 9.78 Å². The summed E-state index contributed by atoms with van der Waals surface area (Å²) in [6.07, 6.45) is 1.57. The van der Waals surface area contributed by atoms with Gasteiger partial charge in [0, 0.05) is 11.3 Å². The van der Waals surface area contributed by atoms with E-state index in [1.165, 1.54) is 6.07 Å². The van der Waals surface area contributed by atoms with Crippen LogP contribution in [0.1, 0.15) is 36.4 Å². The van der Waals surface area contributed by atoms with E-state index in [9.17, 15) is 9.50 Å². The Bertz CT molecular complexity index is 610. The van der Waals surface area contributed by atoms with E-state index in [0.717, 1.165) is 35.4 Å². The maximum absolute atomic E-state index is 13.6. The van der Waals surface area contributed by atoms with Crippen molar-refractivity contribution in [2.45, 2.75) is 39.8 Å². The first-order chi connectivity index (χ1) is 9.62. The van der Waals surface area contributed by atoms with Gasteiger partial charge in [0.2, 0.25) is 0 Å². The Balaban J connectivity index is 2.43. The number of aliphatic hydroxyl groups excluding tert-OH is 1. The quantitative estimate of drug-likeness (QED) is 0.905. The molecule has 0 saturated heterocycles. The van der Waals surface area contributed by atoms with Gasteiger partial charge in [-0.2, -0.15) is 5.10 Å². The van der Waals surface area contributed by atoms with Crippen molar-refractivity contribution in [2.24, 2.45) is 0 Å². The molecule has 0 fully saturated rings. The lowest BCUT2D eigenvalue weighted by molar-refractivity contribution is 0.279. The first-order valence-corrected chi connectivity index (χ1v) is 7.52. The highest BCUT2D eigenvalue weighted by Gasteiger charge is 2.16. The molecule has 1 aromatic heterocycles. The molecule has 0 radical (unpaired) electrons. The van der Waals surface area contributed by atoms with E-state index >= 15 is 0 Å². The number of aliphatic hydroxyl groups is 1. The fraction of sp³-hybridized carbons (Fsp3) is 0.400. The molecule has 3 nitrogen and oxygen atoms in total. The molecule has 0 aliphatic heterocycles. The summed E-state index contributed by atoms with van der Waals surface area (Å²) >= 11 is 3.28. The second-order valence-corrected chi connectivity index (χ2v) is 5.40. The standard InChI is InChI=1S/C15H18BrFN2O/c1-3-13-11(9-20)14(4-2)19(18-13)8-10-6-5-7-12(17)15(10)16/h5-7,20H,3-4,8-9H2,1-2H3. The number of benzene rings is 1. The smallest absolute Gasteiger partial charge is 0.137 e. The fourth-order valence-electron chi connectivity index (χ4n) is 2.41. The van der Waals surface area contributed by atoms with E-state index in [1.807, 2.05) is 24.6 Å². The molecule has 1 N–H and O–H groups in total. The van der Waals surface area contributed by atoms with E-state index in [4.69, 9.17) is 0 Å². The van der Waals surface area contributed by atoms with Crippen molar-refractivity contribution < 1.29 is 9.50 Å². The van der Waals surface area contributed by atoms with Gasteiger partial charge in [-0.25, -0.2) is 4.39 Å². The van der Waals surface area contributed by atoms with E-state index < -0.39 is 0 Å². The number of nitrogens with zero attached hydrogens (tertiary/aromatic N) is 2. The van der Waals surface area contributed by atoms with Crippen molar-refractivity contribution in [3.8, 4) is 0 Å². The van der Waals surface area contributed by atoms with Gasteiger partial charge in [-0.15, -0.1) is 0 Å². The largest absolute Gasteiger partial charge is 0.392 e. The normalized spacial score (nSPS) is 11.1. The summed E-state index contributed by atoms with van der Waals surface area (Å²) in [5.41, 5.74) is 3.68. The molecule has 2 rings (SSSR count). The first-order valence-electron chi connectivity index (χ1n) is 6.73. The van der Waals surface area contributed by atoms with Crippen LogP contribution >= 0.6 is 15.9 Å². The van der Waals surface area contributed by atoms with Crippen LogP contribution in [0.4, 0.5) is 4.39 Å². The Morgan fingerprint density at radius 3 is 2.65 bits per heavy atom. The Morgan fingerprint density at radius 2 is 2.05 bits per heavy atom. The zero-order valence-corrected chi connectivity index (χ0v) is 13.2. The summed E-state index contributed by atoms with van der Waals surface area (Å²) in [7, 11) is 0. The van der Waals surface area contributed by atoms with Crippen molar-refractivity contribution in [3.63, 3.8) is 0 Å². The average molecular weight is 341 g/mol. The van der Waals surface area contributed by atoms with Crippen molar-refractivity contribution in [2.75, 3.05) is 0 Å². The predicted octanol–water partition coefficient (Wildman–Crippen LogP) is 3.45. The maximum Gasteiger partial charge on any atom is 0.137 e. The summed E-state index contributed by atoms with van der Waals surface area (Å²) < 4.78 is 15.9. The van der Waals surface area contributed by atoms with Gasteiger partial charge in [0.25, 0.3) is 0 Å². The van der Waals surface area contributed by atoms with Crippen LogP contribution in [0.25, 0.3) is 0 Å². The van der Waals surface area contributed by atoms with Crippen LogP contribution in [0.2, 0.25) is 0 Å². The average Bonchev–Trinajstić information content (AvgIpc) is 2.80. The van der Waals surface area contributed by atoms with Gasteiger partial charge in [-0.1, -0.05) is 26.0 Å². The molecule has 108 valence electrons. The molecule has 0 spiro atoms. The Hall–Kier alpha value is -1.20. The minimum absolute atomic E-state index is 0.00331. The second-order valence-electron chi connectivity index (χ2n) is 4.61. The summed E-state index contributed by atoms with van der Waals surface area (Å²) in [6, 6.07) is 4.99. The molecule has 0 amide bonds. The third-order valence-electron chi connectivity index (χ3n) is 3.43. The summed E-state index contributed by atoms with van der Waals surface area (Å²) in [4.78, 5) is 0. The van der Waals surface area contributed by atoms with Crippen LogP contribution in [0, 0.1) is 5.82 Å². The number of aryl methyl sites for hydroxylation is 1. The van der Waals surface area contributed by atoms with Gasteiger partial charge in [-0.05, 0) is 40.4 Å². The lowest BCUT2D eigenvalue weighted by Gasteiger charge is -2.09. The number of rotatable bonds is 5. The van der Waals surface area contributed by atoms with Crippen LogP contribution < -0.4 is 0 Å². The number of hydrogen-bond acceptors (Lipinski definition) is 2. The highest BCUT2D eigenvalue weighted by molar-refractivity contribution is 9.10. The van der Waals surface area contributed by atoms with Gasteiger partial charge >= 0.3 is 0 Å². The van der Waals surface area contributed by atoms with Gasteiger partial charge in [0.1, 0.15) is 5.82 Å². The first kappa shape index (κ1) is 15.2. The minimum atomic E-state index is -0.272. The van der Waals surface area contributed by atoms with Crippen LogP contribution in [-0.2, 0) is 26.0 Å². The molecular weight excluding hydrogens is 323 g/mol. The van der Waals surface area contributed by atoms with Gasteiger partial charge < -0.3 is 5.11 Å². The van der Waals surface area contributed by atoms with Crippen molar-refractivity contribution >= 4 is 15.9 Å². The molecular formula is C15H18BrFN2O. The van der Waals surface area contributed by atoms with E-state index in [1.54, 1.807) is 6.07 Å². The zero-order valence-electron chi connectivity index (χ0n) is 11.7. The van der Waals surface area contributed by atoms with Gasteiger partial charge in [0.05, 0.1) is 23.3 Å². The Morgan fingerprint density at radius 1 is 1.30 bits per heavy atom. The molecule has 1 heterocycles. The summed E-state index contributed by atoms with van der Waals surface area (Å²) in [5, 5.41) is 14.1. The highest BCUT2D eigenvalue weighted by atomic mass is 79.9. The molecule has 0 bridgehead atoms. The number of hydrogen-bond donors (Lipinski definition) is 1. The van der Waals surface area contributed by atoms with Crippen molar-refractivity contribution in [3.05, 3.63) is 51.0 Å². The highest BCUT2D eigenvalue weighted by Crippen LogP contribution is 2.23. The third kappa shape index (κ3) is 2.79. The van der Waals surface area contributed by atoms with E-state index in [2.05, 4.69) is 21.0 Å². The fourth-order valence-corrected chi connectivity index (χ4v) is 2.80. The van der Waals surface area contributed by atoms with Gasteiger partial charge in [0.15, 0.2) is 0 Å². The van der Waals surface area contributed by atoms with E-state index in [0.29, 0.717) is 11.0 Å². The zero-order chi connectivity index (χ0) is 14.7. The molecule has 0 saturated carbocycles. The maximum atomic E-state index is 13.6. The second kappa shape index (κ2) is 6.50. The molecule has 0 aliphatic carbocycles.